The van der Waals surface area contributed by atoms with E-state index in [2.05, 4.69) is 125 Å². The van der Waals surface area contributed by atoms with E-state index < -0.39 is 16.1 Å². The second-order valence-electron chi connectivity index (χ2n) is 33.7. The molecule has 1 fully saturated rings. The molecule has 1 saturated carbocycles. The largest absolute Gasteiger partial charge is 0.497 e. The Morgan fingerprint density at radius 1 is 0.407 bits per heavy atom. The summed E-state index contributed by atoms with van der Waals surface area (Å²) in [4.78, 5) is 39.4. The number of para-hydroxylation sites is 3. The van der Waals surface area contributed by atoms with Crippen molar-refractivity contribution in [3.63, 3.8) is 0 Å². The van der Waals surface area contributed by atoms with Crippen LogP contribution in [0.5, 0.6) is 5.75 Å². The summed E-state index contributed by atoms with van der Waals surface area (Å²) in [7, 11) is -0.470. The molecule has 1 aliphatic rings. The molecule has 12 aromatic carbocycles. The fourth-order valence-electron chi connectivity index (χ4n) is 18.6. The van der Waals surface area contributed by atoms with Gasteiger partial charge in [-0.05, 0) is 244 Å². The number of fused-ring (bicyclic) bond motifs is 7. The molecule has 7 N–H and O–H groups in total. The number of nitrogen functional groups attached to an aromatic ring is 1. The fourth-order valence-corrected chi connectivity index (χ4v) is 19.9. The van der Waals surface area contributed by atoms with E-state index >= 15 is 0 Å². The number of hydrogen-bond donors (Lipinski definition) is 6. The van der Waals surface area contributed by atoms with Crippen LogP contribution >= 0.6 is 34.8 Å². The van der Waals surface area contributed by atoms with E-state index in [0.717, 1.165) is 189 Å². The highest BCUT2D eigenvalue weighted by atomic mass is 35.5. The number of nitriles is 6. The minimum absolute atomic E-state index is 0.0226. The molecule has 1 aliphatic carbocycles. The number of ether oxygens (including phenoxy) is 2. The molecule has 0 aliphatic heterocycles. The Labute approximate surface area is 855 Å². The van der Waals surface area contributed by atoms with Crippen molar-refractivity contribution in [2.45, 2.75) is 118 Å². The minimum Gasteiger partial charge on any atom is -0.497 e. The van der Waals surface area contributed by atoms with Gasteiger partial charge >= 0.3 is 6.09 Å². The van der Waals surface area contributed by atoms with Gasteiger partial charge in [0.25, 0.3) is 11.8 Å². The van der Waals surface area contributed by atoms with E-state index in [1.165, 1.54) is 19.2 Å². The van der Waals surface area contributed by atoms with Crippen molar-refractivity contribution in [2.24, 2.45) is 0 Å². The number of hydrogen-bond acceptors (Lipinski definition) is 14. The van der Waals surface area contributed by atoms with Crippen LogP contribution < -0.4 is 31.1 Å². The molecule has 29 heteroatoms. The molecule has 20 rings (SSSR count). The highest BCUT2D eigenvalue weighted by molar-refractivity contribution is 7.89. The predicted molar refractivity (Wildman–Crippen MR) is 580 cm³/mol. The van der Waals surface area contributed by atoms with E-state index in [-0.39, 0.29) is 16.7 Å². The molecule has 0 spiro atoms. The van der Waals surface area contributed by atoms with Gasteiger partial charge in [0, 0.05) is 177 Å². The summed E-state index contributed by atoms with van der Waals surface area (Å²) < 4.78 is 49.1. The van der Waals surface area contributed by atoms with Gasteiger partial charge in [-0.3, -0.25) is 14.9 Å². The number of amides is 3. The zero-order chi connectivity index (χ0) is 103. The fraction of sp³-hybridized carbons (Fsp3) is 0.181. The summed E-state index contributed by atoms with van der Waals surface area (Å²) in [6, 6.07) is 99.5. The number of H-pyrrole nitrogens is 1. The molecule has 7 heterocycles. The first-order valence-electron chi connectivity index (χ1n) is 47.5. The van der Waals surface area contributed by atoms with Crippen LogP contribution in [-0.2, 0) is 54.0 Å². The highest BCUT2D eigenvalue weighted by Crippen LogP contribution is 2.43. The van der Waals surface area contributed by atoms with Crippen LogP contribution in [0.4, 0.5) is 16.2 Å². The maximum absolute atomic E-state index is 12.2. The third-order valence-electron chi connectivity index (χ3n) is 25.3. The number of sulfonamides is 1. The van der Waals surface area contributed by atoms with E-state index in [1.807, 2.05) is 232 Å². The number of aromatic nitrogens is 7. The van der Waals surface area contributed by atoms with Gasteiger partial charge in [-0.15, -0.1) is 0 Å². The highest BCUT2D eigenvalue weighted by Gasteiger charge is 2.29. The zero-order valence-electron chi connectivity index (χ0n) is 81.5. The molecule has 0 bridgehead atoms. The Morgan fingerprint density at radius 3 is 1.22 bits per heavy atom. The summed E-state index contributed by atoms with van der Waals surface area (Å²) in [6.45, 7) is 21.3. The summed E-state index contributed by atoms with van der Waals surface area (Å²) in [5, 5.41) is 75.0. The molecular formula is C116H103Cl3N18O7S. The first-order valence-corrected chi connectivity index (χ1v) is 50.1. The van der Waals surface area contributed by atoms with Crippen molar-refractivity contribution in [1.29, 1.82) is 31.6 Å². The number of carbonyl (C=O) groups is 3. The van der Waals surface area contributed by atoms with Crippen LogP contribution in [-0.4, -0.2) is 92.1 Å². The summed E-state index contributed by atoms with van der Waals surface area (Å²) >= 11 is 18.3. The molecule has 7 aromatic heterocycles. The smallest absolute Gasteiger partial charge is 0.411 e. The second kappa shape index (κ2) is 45.7. The third-order valence-corrected chi connectivity index (χ3v) is 27.4. The Bertz CT molecular complexity index is 8540. The van der Waals surface area contributed by atoms with Crippen LogP contribution in [0.25, 0.3) is 144 Å². The van der Waals surface area contributed by atoms with Crippen molar-refractivity contribution in [1.82, 2.24) is 47.7 Å². The van der Waals surface area contributed by atoms with Crippen molar-refractivity contribution >= 4 is 150 Å². The number of aryl methyl sites for hydroxylation is 6. The summed E-state index contributed by atoms with van der Waals surface area (Å²) in [5.74, 6) is 0.688. The minimum atomic E-state index is -3.50. The molecule has 25 nitrogen and oxygen atoms in total. The maximum Gasteiger partial charge on any atom is 0.411 e. The van der Waals surface area contributed by atoms with Crippen LogP contribution in [0.2, 0.25) is 15.1 Å². The molecule has 145 heavy (non-hydrogen) atoms. The molecule has 0 unspecified atom stereocenters. The number of methoxy groups -OCH3 is 1. The third kappa shape index (κ3) is 21.2. The van der Waals surface area contributed by atoms with Crippen LogP contribution in [0.1, 0.15) is 122 Å². The van der Waals surface area contributed by atoms with Crippen molar-refractivity contribution in [3.8, 4) is 110 Å². The lowest BCUT2D eigenvalue weighted by Crippen LogP contribution is -2.25. The number of nitrogens with two attached hydrogens (primary N) is 1. The van der Waals surface area contributed by atoms with Gasteiger partial charge in [0.15, 0.2) is 0 Å². The molecular weight excluding hydrogens is 1900 g/mol. The Balaban J connectivity index is 0.000000131. The van der Waals surface area contributed by atoms with Gasteiger partial charge in [-0.2, -0.15) is 31.6 Å². The number of rotatable bonds is 21. The van der Waals surface area contributed by atoms with Gasteiger partial charge < -0.3 is 58.2 Å². The predicted octanol–water partition coefficient (Wildman–Crippen LogP) is 26.3. The van der Waals surface area contributed by atoms with E-state index in [4.69, 9.17) is 50.0 Å². The standard InChI is InChI=1S/C21H19N3O.C20H18ClN3O2.C20H17N3O.C20H19N3O.C18H16ClN3O2S.C17H14ClN3/c1-2-24-19-6-4-3-5-17(19)18(13-22)20(24)14-7-9-15(10-8-14)21(25)23-16-11-12-16;1-3-24-18-9-8-14(21)11-16(18)17(12-22)19(24)13-6-5-7-15(10-13)23-20(25)26-4-2;1-3-23-19-11-14(24-2)8-9-15(19)16(12-21)20(23)18-10-13-6-4-5-7-17(13)22-18;1-3-22-20(24)15-11-9-14(10-12-15)19-17(13-21)16-7-5-6-8-18(16)23(19)4-2;1-3-22-17-9-6-13(19)10-15(17)16(11-20)18(22)12-4-7-14(8-5-12)25(23,24)21-2;1-2-21-16-7-6-12(18)9-14(16)15(10-19)17(21)11-4-3-5-13(20)8-11/h3-10,16H,2,11-12H2,1H3,(H,23,25);5-11H,3-4H2,1-2H3,(H,23,25);4-11,22H,3H2,1-2H3;5-12H,3-4H2,1-2H3,(H,22,24);4-10,21H,3H2,1-2H3;3-9H,2,20H2,1H3. The van der Waals surface area contributed by atoms with Crippen LogP contribution in [0.15, 0.2) is 278 Å². The average molecular weight is 2000 g/mol. The number of carbonyl (C=O) groups excluding carboxylic acids is 3. The first-order chi connectivity index (χ1) is 70.4. The topological polar surface area (TPSA) is 366 Å². The van der Waals surface area contributed by atoms with Crippen molar-refractivity contribution in [3.05, 3.63) is 333 Å². The quantitative estimate of drug-likeness (QED) is 0.0364. The number of benzene rings is 12. The van der Waals surface area contributed by atoms with Gasteiger partial charge in [-0.1, -0.05) is 150 Å². The Hall–Kier alpha value is -17.1. The lowest BCUT2D eigenvalue weighted by Gasteiger charge is -2.11. The van der Waals surface area contributed by atoms with Gasteiger partial charge in [-0.25, -0.2) is 17.9 Å². The average Bonchev–Trinajstić information content (AvgIpc) is 1.61. The second-order valence-corrected chi connectivity index (χ2v) is 36.9. The van der Waals surface area contributed by atoms with Crippen molar-refractivity contribution in [2.75, 3.05) is 38.4 Å². The van der Waals surface area contributed by atoms with Gasteiger partial charge in [0.1, 0.15) is 42.2 Å². The van der Waals surface area contributed by atoms with E-state index in [9.17, 15) is 54.4 Å². The molecule has 726 valence electrons. The van der Waals surface area contributed by atoms with E-state index in [0.29, 0.717) is 103 Å². The Kier molecular flexibility index (Phi) is 32.2. The molecule has 0 atom stereocenters. The van der Waals surface area contributed by atoms with E-state index in [1.54, 1.807) is 56.5 Å². The lowest BCUT2D eigenvalue weighted by molar-refractivity contribution is 0.0944. The van der Waals surface area contributed by atoms with Crippen LogP contribution in [0, 0.1) is 68.0 Å². The molecule has 19 aromatic rings. The van der Waals surface area contributed by atoms with Crippen LogP contribution in [0.3, 0.4) is 0 Å². The number of aromatic amines is 1. The SMILES string of the molecule is CCNC(=O)c1ccc(-c2c(C#N)c3ccccc3n2CC)cc1.CCOC(=O)Nc1cccc(-c2c(C#N)c3cc(Cl)ccc3n2CC)c1.CCn1c(-c2cc3ccccc3[nH]2)c(C#N)c2ccc(OC)cc21.CCn1c(-c2ccc(C(=O)NC3CC3)cc2)c(C#N)c2ccccc21.CCn1c(-c2ccc(S(=O)(=O)NC)cc2)c(C#N)c2cc(Cl)ccc21.CCn1c(-c2cccc(N)c2)c(C#N)c2cc(Cl)ccc21. The molecule has 0 saturated heterocycles. The maximum atomic E-state index is 12.2. The Morgan fingerprint density at radius 2 is 0.800 bits per heavy atom. The number of nitrogens with one attached hydrogen (secondary N) is 5. The first kappa shape index (κ1) is 102. The molecule has 0 radical (unpaired) electrons. The summed E-state index contributed by atoms with van der Waals surface area (Å²) in [6.07, 6.45) is 1.64. The molecule has 3 amide bonds. The summed E-state index contributed by atoms with van der Waals surface area (Å²) in [5.41, 5.74) is 30.0. The lowest BCUT2D eigenvalue weighted by atomic mass is 10.0. The zero-order valence-corrected chi connectivity index (χ0v) is 84.6. The van der Waals surface area contributed by atoms with Crippen molar-refractivity contribution < 1.29 is 32.3 Å². The van der Waals surface area contributed by atoms with Gasteiger partial charge in [0.05, 0.1) is 97.4 Å². The number of halogens is 3. The normalized spacial score (nSPS) is 11.4. The monoisotopic (exact) mass is 2000 g/mol. The number of nitrogens with zero attached hydrogens (tertiary/aromatic N) is 12. The number of anilines is 2. The van der Waals surface area contributed by atoms with Gasteiger partial charge in [0.2, 0.25) is 10.0 Å².